The van der Waals surface area contributed by atoms with E-state index < -0.39 is 0 Å². The molecule has 1 fully saturated rings. The van der Waals surface area contributed by atoms with Crippen LogP contribution in [0.4, 0.5) is 11.9 Å². The normalized spacial score (nSPS) is 15.9. The Kier molecular flexibility index (Phi) is 3.23. The number of hydrazine groups is 1. The number of nitrogen functional groups attached to an aromatic ring is 1. The smallest absolute Gasteiger partial charge is 0.257 e. The average molecular weight is 274 g/mol. The predicted octanol–water partition coefficient (Wildman–Crippen LogP) is 0.945. The van der Waals surface area contributed by atoms with Crippen LogP contribution >= 0.6 is 0 Å². The highest BCUT2D eigenvalue weighted by Crippen LogP contribution is 2.48. The molecule has 0 amide bonds. The van der Waals surface area contributed by atoms with Crippen LogP contribution in [0.5, 0.6) is 0 Å². The lowest BCUT2D eigenvalue weighted by Crippen LogP contribution is -2.19. The molecule has 2 aromatic rings. The molecule has 4 N–H and O–H groups in total. The minimum absolute atomic E-state index is 0.314. The van der Waals surface area contributed by atoms with E-state index in [1.54, 1.807) is 17.1 Å². The summed E-state index contributed by atoms with van der Waals surface area (Å²) in [4.78, 5) is 12.8. The molecule has 0 unspecified atom stereocenters. The first-order chi connectivity index (χ1) is 9.74. The molecule has 1 saturated carbocycles. The van der Waals surface area contributed by atoms with Gasteiger partial charge in [-0.2, -0.15) is 20.1 Å². The largest absolute Gasteiger partial charge is 0.353 e. The molecule has 2 heterocycles. The second-order valence-electron chi connectivity index (χ2n) is 5.08. The summed E-state index contributed by atoms with van der Waals surface area (Å²) in [5.74, 6) is 6.66. The molecular weight excluding hydrogens is 256 g/mol. The Hall–Kier alpha value is -2.22. The first-order valence-electron chi connectivity index (χ1n) is 6.71. The zero-order chi connectivity index (χ0) is 14.0. The molecular formula is C12H18N8. The Balaban J connectivity index is 1.81. The van der Waals surface area contributed by atoms with Crippen LogP contribution in [0.15, 0.2) is 18.5 Å². The van der Waals surface area contributed by atoms with E-state index in [-0.39, 0.29) is 0 Å². The van der Waals surface area contributed by atoms with Crippen molar-refractivity contribution in [3.8, 4) is 5.95 Å². The van der Waals surface area contributed by atoms with Crippen molar-refractivity contribution in [1.82, 2.24) is 24.7 Å². The van der Waals surface area contributed by atoms with Crippen LogP contribution < -0.4 is 16.6 Å². The maximum absolute atomic E-state index is 5.40. The fourth-order valence-corrected chi connectivity index (χ4v) is 2.10. The monoisotopic (exact) mass is 274 g/mol. The van der Waals surface area contributed by atoms with Gasteiger partial charge < -0.3 is 5.32 Å². The van der Waals surface area contributed by atoms with E-state index >= 15 is 0 Å². The minimum atomic E-state index is 0.314. The SMILES string of the molecule is CCC1(CNc2nc(NN)nc(-n3cccn3)n2)CC1. The van der Waals surface area contributed by atoms with Gasteiger partial charge in [0.15, 0.2) is 0 Å². The van der Waals surface area contributed by atoms with Gasteiger partial charge in [-0.3, -0.25) is 5.43 Å². The zero-order valence-electron chi connectivity index (χ0n) is 11.4. The van der Waals surface area contributed by atoms with Crippen molar-refractivity contribution in [1.29, 1.82) is 0 Å². The Morgan fingerprint density at radius 2 is 2.10 bits per heavy atom. The van der Waals surface area contributed by atoms with E-state index in [1.807, 2.05) is 6.07 Å². The molecule has 0 aromatic carbocycles. The second kappa shape index (κ2) is 5.04. The van der Waals surface area contributed by atoms with E-state index in [4.69, 9.17) is 5.84 Å². The summed E-state index contributed by atoms with van der Waals surface area (Å²) in [5, 5.41) is 7.38. The molecule has 0 atom stereocenters. The maximum Gasteiger partial charge on any atom is 0.257 e. The molecule has 8 nitrogen and oxygen atoms in total. The summed E-state index contributed by atoms with van der Waals surface area (Å²) in [7, 11) is 0. The number of aromatic nitrogens is 5. The van der Waals surface area contributed by atoms with E-state index in [0.29, 0.717) is 23.3 Å². The van der Waals surface area contributed by atoms with Gasteiger partial charge in [-0.15, -0.1) is 0 Å². The van der Waals surface area contributed by atoms with Crippen molar-refractivity contribution in [2.75, 3.05) is 17.3 Å². The van der Waals surface area contributed by atoms with Gasteiger partial charge in [0.25, 0.3) is 5.95 Å². The molecule has 1 aliphatic carbocycles. The first kappa shape index (κ1) is 12.8. The van der Waals surface area contributed by atoms with E-state index in [2.05, 4.69) is 37.7 Å². The van der Waals surface area contributed by atoms with Crippen molar-refractivity contribution in [2.24, 2.45) is 11.3 Å². The quantitative estimate of drug-likeness (QED) is 0.531. The number of hydrogen-bond donors (Lipinski definition) is 3. The molecule has 0 radical (unpaired) electrons. The van der Waals surface area contributed by atoms with Crippen LogP contribution in [-0.4, -0.2) is 31.3 Å². The van der Waals surface area contributed by atoms with E-state index in [9.17, 15) is 0 Å². The van der Waals surface area contributed by atoms with Crippen LogP contribution in [0, 0.1) is 5.41 Å². The van der Waals surface area contributed by atoms with Crippen LogP contribution in [0.1, 0.15) is 26.2 Å². The van der Waals surface area contributed by atoms with E-state index in [1.165, 1.54) is 19.3 Å². The van der Waals surface area contributed by atoms with Crippen LogP contribution in [0.25, 0.3) is 5.95 Å². The van der Waals surface area contributed by atoms with Crippen LogP contribution in [-0.2, 0) is 0 Å². The standard InChI is InChI=1S/C12H18N8/c1-2-12(4-5-12)8-14-9-16-10(19-13)18-11(17-9)20-7-3-6-15-20/h3,6-7H,2,4-5,8,13H2,1H3,(H2,14,16,17,18,19). The fraction of sp³-hybridized carbons (Fsp3) is 0.500. The lowest BCUT2D eigenvalue weighted by molar-refractivity contribution is 0.519. The lowest BCUT2D eigenvalue weighted by Gasteiger charge is -2.14. The molecule has 0 aliphatic heterocycles. The molecule has 0 saturated heterocycles. The Bertz CT molecular complexity index is 575. The summed E-state index contributed by atoms with van der Waals surface area (Å²) >= 11 is 0. The molecule has 3 rings (SSSR count). The number of nitrogens with zero attached hydrogens (tertiary/aromatic N) is 5. The molecule has 0 spiro atoms. The maximum atomic E-state index is 5.40. The summed E-state index contributed by atoms with van der Waals surface area (Å²) < 4.78 is 1.57. The van der Waals surface area contributed by atoms with Gasteiger partial charge in [0.05, 0.1) is 0 Å². The fourth-order valence-electron chi connectivity index (χ4n) is 2.10. The molecule has 8 heteroatoms. The number of nitrogens with one attached hydrogen (secondary N) is 2. The number of hydrogen-bond acceptors (Lipinski definition) is 7. The van der Waals surface area contributed by atoms with Gasteiger partial charge in [0.2, 0.25) is 11.9 Å². The number of anilines is 2. The Morgan fingerprint density at radius 1 is 1.30 bits per heavy atom. The van der Waals surface area contributed by atoms with Crippen LogP contribution in [0.3, 0.4) is 0 Å². The van der Waals surface area contributed by atoms with Gasteiger partial charge >= 0.3 is 0 Å². The van der Waals surface area contributed by atoms with E-state index in [0.717, 1.165) is 6.54 Å². The molecule has 106 valence electrons. The minimum Gasteiger partial charge on any atom is -0.353 e. The van der Waals surface area contributed by atoms with Gasteiger partial charge in [0, 0.05) is 18.9 Å². The third kappa shape index (κ3) is 2.55. The molecule has 2 aromatic heterocycles. The third-order valence-corrected chi connectivity index (χ3v) is 3.79. The zero-order valence-corrected chi connectivity index (χ0v) is 11.4. The summed E-state index contributed by atoms with van der Waals surface area (Å²) in [6.07, 6.45) is 7.13. The average Bonchev–Trinajstić information content (AvgIpc) is 3.06. The Morgan fingerprint density at radius 3 is 2.70 bits per heavy atom. The molecule has 20 heavy (non-hydrogen) atoms. The highest BCUT2D eigenvalue weighted by Gasteiger charge is 2.40. The van der Waals surface area contributed by atoms with Crippen molar-refractivity contribution in [2.45, 2.75) is 26.2 Å². The first-order valence-corrected chi connectivity index (χ1v) is 6.71. The van der Waals surface area contributed by atoms with Crippen molar-refractivity contribution < 1.29 is 0 Å². The summed E-state index contributed by atoms with van der Waals surface area (Å²) in [6.45, 7) is 3.08. The lowest BCUT2D eigenvalue weighted by atomic mass is 10.0. The van der Waals surface area contributed by atoms with Crippen LogP contribution in [0.2, 0.25) is 0 Å². The number of nitrogens with two attached hydrogens (primary N) is 1. The third-order valence-electron chi connectivity index (χ3n) is 3.79. The van der Waals surface area contributed by atoms with Gasteiger partial charge in [-0.05, 0) is 30.7 Å². The molecule has 0 bridgehead atoms. The molecule has 1 aliphatic rings. The summed E-state index contributed by atoms with van der Waals surface area (Å²) in [6, 6.07) is 1.81. The highest BCUT2D eigenvalue weighted by molar-refractivity contribution is 5.37. The Labute approximate surface area is 116 Å². The van der Waals surface area contributed by atoms with Crippen molar-refractivity contribution in [3.63, 3.8) is 0 Å². The topological polar surface area (TPSA) is 107 Å². The van der Waals surface area contributed by atoms with Crippen molar-refractivity contribution in [3.05, 3.63) is 18.5 Å². The van der Waals surface area contributed by atoms with Crippen molar-refractivity contribution >= 4 is 11.9 Å². The number of rotatable bonds is 6. The predicted molar refractivity (Wildman–Crippen MR) is 75.2 cm³/mol. The van der Waals surface area contributed by atoms with Gasteiger partial charge in [0.1, 0.15) is 0 Å². The van der Waals surface area contributed by atoms with Gasteiger partial charge in [-0.25, -0.2) is 10.5 Å². The second-order valence-corrected chi connectivity index (χ2v) is 5.08. The van der Waals surface area contributed by atoms with Gasteiger partial charge in [-0.1, -0.05) is 6.92 Å². The summed E-state index contributed by atoms with van der Waals surface area (Å²) in [5.41, 5.74) is 2.86. The highest BCUT2D eigenvalue weighted by atomic mass is 15.4.